The van der Waals surface area contributed by atoms with Crippen molar-refractivity contribution in [3.63, 3.8) is 0 Å². The van der Waals surface area contributed by atoms with Crippen LogP contribution < -0.4 is 10.5 Å². The van der Waals surface area contributed by atoms with Crippen LogP contribution >= 0.6 is 0 Å². The Hall–Kier alpha value is -1.11. The molecule has 3 N–H and O–H groups in total. The molecule has 2 atom stereocenters. The van der Waals surface area contributed by atoms with Crippen LogP contribution in [-0.2, 0) is 14.8 Å². The normalized spacial score (nSPS) is 23.5. The lowest BCUT2D eigenvalue weighted by Crippen LogP contribution is -2.24. The molecule has 0 aliphatic carbocycles. The van der Waals surface area contributed by atoms with Crippen LogP contribution in [-0.4, -0.2) is 27.7 Å². The Bertz CT molecular complexity index is 530. The summed E-state index contributed by atoms with van der Waals surface area (Å²) in [6, 6.07) is 6.70. The number of para-hydroxylation sites is 1. The first kappa shape index (κ1) is 14.3. The third-order valence-corrected chi connectivity index (χ3v) is 4.47. The van der Waals surface area contributed by atoms with Gasteiger partial charge in [-0.3, -0.25) is 0 Å². The van der Waals surface area contributed by atoms with Crippen molar-refractivity contribution in [3.8, 4) is 0 Å². The van der Waals surface area contributed by atoms with Gasteiger partial charge in [0.25, 0.3) is 0 Å². The first-order valence-corrected chi connectivity index (χ1v) is 8.04. The highest BCUT2D eigenvalue weighted by atomic mass is 32.2. The van der Waals surface area contributed by atoms with Crippen molar-refractivity contribution in [3.05, 3.63) is 24.3 Å². The molecular weight excluding hydrogens is 264 g/mol. The summed E-state index contributed by atoms with van der Waals surface area (Å²) in [6.07, 6.45) is 2.24. The number of nitrogens with two attached hydrogens (primary N) is 1. The molecule has 1 aromatic rings. The van der Waals surface area contributed by atoms with Crippen LogP contribution in [0.3, 0.4) is 0 Å². The lowest BCUT2D eigenvalue weighted by molar-refractivity contribution is 0.0900. The average Bonchev–Trinajstić information content (AvgIpc) is 2.83. The van der Waals surface area contributed by atoms with E-state index in [9.17, 15) is 8.42 Å². The third-order valence-electron chi connectivity index (χ3n) is 3.50. The lowest BCUT2D eigenvalue weighted by atomic mass is 9.99. The monoisotopic (exact) mass is 284 g/mol. The summed E-state index contributed by atoms with van der Waals surface area (Å²) < 4.78 is 28.6. The highest BCUT2D eigenvalue weighted by Gasteiger charge is 2.26. The predicted molar refractivity (Wildman–Crippen MR) is 74.4 cm³/mol. The summed E-state index contributed by atoms with van der Waals surface area (Å²) in [5, 5.41) is 8.39. The molecule has 0 bridgehead atoms. The fourth-order valence-corrected chi connectivity index (χ4v) is 3.19. The molecule has 6 heteroatoms. The average molecular weight is 284 g/mol. The molecule has 1 aromatic carbocycles. The SMILES string of the molecule is CCC1OCCC1CNc1ccccc1S(N)(=O)=O. The molecule has 2 rings (SSSR count). The number of sulfonamides is 1. The topological polar surface area (TPSA) is 81.4 Å². The zero-order valence-corrected chi connectivity index (χ0v) is 11.8. The Labute approximate surface area is 114 Å². The maximum atomic E-state index is 11.5. The fraction of sp³-hybridized carbons (Fsp3) is 0.538. The lowest BCUT2D eigenvalue weighted by Gasteiger charge is -2.18. The summed E-state index contributed by atoms with van der Waals surface area (Å²) in [6.45, 7) is 3.58. The Morgan fingerprint density at radius 2 is 2.16 bits per heavy atom. The maximum Gasteiger partial charge on any atom is 0.240 e. The summed E-state index contributed by atoms with van der Waals surface area (Å²) in [4.78, 5) is 0.141. The fourth-order valence-electron chi connectivity index (χ4n) is 2.48. The molecular formula is C13H20N2O3S. The number of hydrogen-bond acceptors (Lipinski definition) is 4. The maximum absolute atomic E-state index is 11.5. The Morgan fingerprint density at radius 1 is 1.42 bits per heavy atom. The minimum absolute atomic E-state index is 0.141. The van der Waals surface area contributed by atoms with Gasteiger partial charge in [0.1, 0.15) is 4.90 Å². The van der Waals surface area contributed by atoms with E-state index < -0.39 is 10.0 Å². The predicted octanol–water partition coefficient (Wildman–Crippen LogP) is 1.56. The van der Waals surface area contributed by atoms with Crippen LogP contribution in [0.2, 0.25) is 0 Å². The minimum Gasteiger partial charge on any atom is -0.384 e. The number of benzene rings is 1. The van der Waals surface area contributed by atoms with Crippen molar-refractivity contribution in [2.75, 3.05) is 18.5 Å². The second kappa shape index (κ2) is 5.90. The van der Waals surface area contributed by atoms with Crippen LogP contribution in [0.4, 0.5) is 5.69 Å². The van der Waals surface area contributed by atoms with Crippen LogP contribution in [0, 0.1) is 5.92 Å². The molecule has 0 aromatic heterocycles. The molecule has 0 spiro atoms. The van der Waals surface area contributed by atoms with Crippen molar-refractivity contribution >= 4 is 15.7 Å². The van der Waals surface area contributed by atoms with Gasteiger partial charge in [-0.05, 0) is 25.0 Å². The quantitative estimate of drug-likeness (QED) is 0.859. The van der Waals surface area contributed by atoms with Crippen LogP contribution in [0.5, 0.6) is 0 Å². The van der Waals surface area contributed by atoms with E-state index in [0.29, 0.717) is 18.2 Å². The van der Waals surface area contributed by atoms with E-state index >= 15 is 0 Å². The van der Waals surface area contributed by atoms with Gasteiger partial charge >= 0.3 is 0 Å². The molecule has 5 nitrogen and oxygen atoms in total. The molecule has 0 radical (unpaired) electrons. The number of rotatable bonds is 5. The summed E-state index contributed by atoms with van der Waals surface area (Å²) in [5.41, 5.74) is 0.562. The summed E-state index contributed by atoms with van der Waals surface area (Å²) in [5.74, 6) is 0.415. The molecule has 2 unspecified atom stereocenters. The van der Waals surface area contributed by atoms with Crippen LogP contribution in [0.1, 0.15) is 19.8 Å². The molecule has 0 saturated carbocycles. The molecule has 0 amide bonds. The van der Waals surface area contributed by atoms with Gasteiger partial charge < -0.3 is 10.1 Å². The molecule has 1 fully saturated rings. The van der Waals surface area contributed by atoms with Gasteiger partial charge in [0.15, 0.2) is 0 Å². The van der Waals surface area contributed by atoms with E-state index in [4.69, 9.17) is 9.88 Å². The summed E-state index contributed by atoms with van der Waals surface area (Å²) in [7, 11) is -3.69. The largest absolute Gasteiger partial charge is 0.384 e. The number of ether oxygens (including phenoxy) is 1. The van der Waals surface area contributed by atoms with Gasteiger partial charge in [-0.15, -0.1) is 0 Å². The van der Waals surface area contributed by atoms with Gasteiger partial charge in [0, 0.05) is 19.1 Å². The smallest absolute Gasteiger partial charge is 0.240 e. The van der Waals surface area contributed by atoms with Crippen molar-refractivity contribution in [2.24, 2.45) is 11.1 Å². The standard InChI is InChI=1S/C13H20N2O3S/c1-2-12-10(7-8-18-12)9-15-11-5-3-4-6-13(11)19(14,16)17/h3-6,10,12,15H,2,7-9H2,1H3,(H2,14,16,17). The van der Waals surface area contributed by atoms with E-state index in [2.05, 4.69) is 12.2 Å². The third kappa shape index (κ3) is 3.46. The molecule has 19 heavy (non-hydrogen) atoms. The zero-order valence-electron chi connectivity index (χ0n) is 11.0. The van der Waals surface area contributed by atoms with E-state index in [1.165, 1.54) is 6.07 Å². The van der Waals surface area contributed by atoms with Crippen LogP contribution in [0.25, 0.3) is 0 Å². The highest BCUT2D eigenvalue weighted by molar-refractivity contribution is 7.89. The first-order chi connectivity index (χ1) is 9.02. The zero-order chi connectivity index (χ0) is 13.9. The van der Waals surface area contributed by atoms with Crippen LogP contribution in [0.15, 0.2) is 29.2 Å². The Morgan fingerprint density at radius 3 is 2.84 bits per heavy atom. The van der Waals surface area contributed by atoms with Gasteiger partial charge in [-0.25, -0.2) is 13.6 Å². The Balaban J connectivity index is 2.08. The van der Waals surface area contributed by atoms with Gasteiger partial charge in [-0.1, -0.05) is 19.1 Å². The highest BCUT2D eigenvalue weighted by Crippen LogP contribution is 2.25. The van der Waals surface area contributed by atoms with Crippen molar-refractivity contribution in [1.82, 2.24) is 0 Å². The van der Waals surface area contributed by atoms with E-state index in [-0.39, 0.29) is 11.0 Å². The van der Waals surface area contributed by atoms with Crippen molar-refractivity contribution in [1.29, 1.82) is 0 Å². The molecule has 1 saturated heterocycles. The van der Waals surface area contributed by atoms with Gasteiger partial charge in [0.2, 0.25) is 10.0 Å². The number of anilines is 1. The van der Waals surface area contributed by atoms with Crippen molar-refractivity contribution < 1.29 is 13.2 Å². The molecule has 1 heterocycles. The molecule has 1 aliphatic heterocycles. The van der Waals surface area contributed by atoms with Gasteiger partial charge in [-0.2, -0.15) is 0 Å². The summed E-state index contributed by atoms with van der Waals surface area (Å²) >= 11 is 0. The number of hydrogen-bond donors (Lipinski definition) is 2. The molecule has 1 aliphatic rings. The van der Waals surface area contributed by atoms with Gasteiger partial charge in [0.05, 0.1) is 11.8 Å². The second-order valence-corrected chi connectivity index (χ2v) is 6.32. The first-order valence-electron chi connectivity index (χ1n) is 6.49. The van der Waals surface area contributed by atoms with E-state index in [1.54, 1.807) is 18.2 Å². The van der Waals surface area contributed by atoms with E-state index in [0.717, 1.165) is 19.4 Å². The minimum atomic E-state index is -3.69. The Kier molecular flexibility index (Phi) is 4.44. The number of primary sulfonamides is 1. The van der Waals surface area contributed by atoms with Crippen molar-refractivity contribution in [2.45, 2.75) is 30.8 Å². The second-order valence-electron chi connectivity index (χ2n) is 4.79. The number of nitrogens with one attached hydrogen (secondary N) is 1. The molecule has 106 valence electrons. The van der Waals surface area contributed by atoms with E-state index in [1.807, 2.05) is 0 Å².